The quantitative estimate of drug-likeness (QED) is 0.573. The molecule has 1 aliphatic rings. The predicted molar refractivity (Wildman–Crippen MR) is 76.6 cm³/mol. The summed E-state index contributed by atoms with van der Waals surface area (Å²) in [5.74, 6) is 1.12. The Morgan fingerprint density at radius 1 is 1.38 bits per heavy atom. The highest BCUT2D eigenvalue weighted by Crippen LogP contribution is 2.26. The van der Waals surface area contributed by atoms with Crippen LogP contribution in [0.4, 0.5) is 0 Å². The van der Waals surface area contributed by atoms with Crippen LogP contribution in [0.3, 0.4) is 0 Å². The first-order valence-corrected chi connectivity index (χ1v) is 6.94. The lowest BCUT2D eigenvalue weighted by atomic mass is 10.1. The van der Waals surface area contributed by atoms with Gasteiger partial charge in [0.2, 0.25) is 0 Å². The second kappa shape index (κ2) is 7.85. The summed E-state index contributed by atoms with van der Waals surface area (Å²) in [6.45, 7) is 2.40. The highest BCUT2D eigenvalue weighted by atomic mass is 16.6. The summed E-state index contributed by atoms with van der Waals surface area (Å²) in [7, 11) is 3.28. The van der Waals surface area contributed by atoms with E-state index < -0.39 is 6.10 Å². The predicted octanol–water partition coefficient (Wildman–Crippen LogP) is 1.13. The Hall–Kier alpha value is -1.79. The van der Waals surface area contributed by atoms with Crippen molar-refractivity contribution in [3.63, 3.8) is 0 Å². The van der Waals surface area contributed by atoms with E-state index in [-0.39, 0.29) is 5.97 Å². The lowest BCUT2D eigenvalue weighted by Gasteiger charge is -2.15. The molecule has 0 bridgehead atoms. The molecular formula is C15H21NO5. The van der Waals surface area contributed by atoms with Crippen LogP contribution >= 0.6 is 0 Å². The smallest absolute Gasteiger partial charge is 0.347 e. The molecule has 1 heterocycles. The van der Waals surface area contributed by atoms with Gasteiger partial charge in [0.15, 0.2) is 6.10 Å². The zero-order chi connectivity index (χ0) is 15.1. The summed E-state index contributed by atoms with van der Waals surface area (Å²) in [5.41, 5.74) is 0.935. The minimum absolute atomic E-state index is 0.302. The molecule has 1 saturated heterocycles. The van der Waals surface area contributed by atoms with Crippen molar-refractivity contribution in [2.45, 2.75) is 19.1 Å². The van der Waals surface area contributed by atoms with Gasteiger partial charge in [-0.25, -0.2) is 4.79 Å². The molecular weight excluding hydrogens is 274 g/mol. The van der Waals surface area contributed by atoms with Crippen LogP contribution < -0.4 is 14.8 Å². The second-order valence-electron chi connectivity index (χ2n) is 4.71. The molecule has 21 heavy (non-hydrogen) atoms. The summed E-state index contributed by atoms with van der Waals surface area (Å²) in [6.07, 6.45) is 0.0672. The van der Waals surface area contributed by atoms with Gasteiger partial charge in [0.1, 0.15) is 11.5 Å². The van der Waals surface area contributed by atoms with E-state index in [1.165, 1.54) is 0 Å². The molecule has 1 N–H and O–H groups in total. The van der Waals surface area contributed by atoms with E-state index in [1.54, 1.807) is 14.2 Å². The summed E-state index contributed by atoms with van der Waals surface area (Å²) in [4.78, 5) is 11.5. The summed E-state index contributed by atoms with van der Waals surface area (Å²) in [6, 6.07) is 5.53. The molecule has 2 rings (SSSR count). The standard InChI is InChI=1S/C15H21NO5/c1-18-8-6-16-10-11-9-12(19-2)3-4-13(11)21-14-5-7-20-15(14)17/h3-4,9,14,16H,5-8,10H2,1-2H3. The molecule has 1 aromatic rings. The molecule has 1 aliphatic heterocycles. The average molecular weight is 295 g/mol. The van der Waals surface area contributed by atoms with Crippen molar-refractivity contribution in [3.05, 3.63) is 23.8 Å². The van der Waals surface area contributed by atoms with Crippen LogP contribution in [-0.2, 0) is 20.8 Å². The molecule has 1 atom stereocenters. The number of methoxy groups -OCH3 is 2. The van der Waals surface area contributed by atoms with E-state index in [0.717, 1.165) is 17.9 Å². The van der Waals surface area contributed by atoms with Gasteiger partial charge in [-0.15, -0.1) is 0 Å². The molecule has 1 unspecified atom stereocenters. The molecule has 0 amide bonds. The topological polar surface area (TPSA) is 66.0 Å². The van der Waals surface area contributed by atoms with Crippen molar-refractivity contribution in [2.24, 2.45) is 0 Å². The Kier molecular flexibility index (Phi) is 5.83. The van der Waals surface area contributed by atoms with E-state index in [0.29, 0.717) is 31.9 Å². The SMILES string of the molecule is COCCNCc1cc(OC)ccc1OC1CCOC1=O. The second-order valence-corrected chi connectivity index (χ2v) is 4.71. The van der Waals surface area contributed by atoms with E-state index in [2.05, 4.69) is 5.32 Å². The molecule has 0 aliphatic carbocycles. The van der Waals surface area contributed by atoms with Crippen LogP contribution in [0.2, 0.25) is 0 Å². The van der Waals surface area contributed by atoms with Gasteiger partial charge in [-0.05, 0) is 18.2 Å². The fourth-order valence-electron chi connectivity index (χ4n) is 2.07. The lowest BCUT2D eigenvalue weighted by molar-refractivity contribution is -0.143. The number of carbonyl (C=O) groups excluding carboxylic acids is 1. The van der Waals surface area contributed by atoms with E-state index >= 15 is 0 Å². The molecule has 0 saturated carbocycles. The zero-order valence-corrected chi connectivity index (χ0v) is 12.4. The number of rotatable bonds is 8. The van der Waals surface area contributed by atoms with E-state index in [4.69, 9.17) is 18.9 Å². The first-order chi connectivity index (χ1) is 10.2. The van der Waals surface area contributed by atoms with E-state index in [1.807, 2.05) is 18.2 Å². The Labute approximate surface area is 124 Å². The zero-order valence-electron chi connectivity index (χ0n) is 12.4. The van der Waals surface area contributed by atoms with Gasteiger partial charge in [0.25, 0.3) is 0 Å². The highest BCUT2D eigenvalue weighted by molar-refractivity contribution is 5.76. The van der Waals surface area contributed by atoms with Crippen molar-refractivity contribution in [3.8, 4) is 11.5 Å². The van der Waals surface area contributed by atoms with E-state index in [9.17, 15) is 4.79 Å². The first kappa shape index (κ1) is 15.6. The van der Waals surface area contributed by atoms with Gasteiger partial charge in [0, 0.05) is 32.2 Å². The third kappa shape index (κ3) is 4.34. The van der Waals surface area contributed by atoms with Crippen LogP contribution in [0.25, 0.3) is 0 Å². The summed E-state index contributed by atoms with van der Waals surface area (Å²) >= 11 is 0. The average Bonchev–Trinajstić information content (AvgIpc) is 2.90. The third-order valence-electron chi connectivity index (χ3n) is 3.22. The lowest BCUT2D eigenvalue weighted by Crippen LogP contribution is -2.24. The van der Waals surface area contributed by atoms with Crippen LogP contribution in [0.5, 0.6) is 11.5 Å². The van der Waals surface area contributed by atoms with Crippen LogP contribution in [0.15, 0.2) is 18.2 Å². The monoisotopic (exact) mass is 295 g/mol. The van der Waals surface area contributed by atoms with Crippen molar-refractivity contribution < 1.29 is 23.7 Å². The van der Waals surface area contributed by atoms with Crippen molar-refractivity contribution in [2.75, 3.05) is 34.0 Å². The number of ether oxygens (including phenoxy) is 4. The summed E-state index contributed by atoms with van der Waals surface area (Å²) < 4.78 is 20.9. The van der Waals surface area contributed by atoms with Gasteiger partial charge in [-0.3, -0.25) is 0 Å². The maximum absolute atomic E-state index is 11.5. The molecule has 1 fully saturated rings. The number of carbonyl (C=O) groups is 1. The molecule has 6 heteroatoms. The van der Waals surface area contributed by atoms with Crippen molar-refractivity contribution in [1.29, 1.82) is 0 Å². The normalized spacial score (nSPS) is 17.6. The number of hydrogen-bond acceptors (Lipinski definition) is 6. The highest BCUT2D eigenvalue weighted by Gasteiger charge is 2.29. The van der Waals surface area contributed by atoms with Crippen LogP contribution in [0.1, 0.15) is 12.0 Å². The first-order valence-electron chi connectivity index (χ1n) is 6.94. The minimum atomic E-state index is -0.517. The van der Waals surface area contributed by atoms with Gasteiger partial charge >= 0.3 is 5.97 Å². The van der Waals surface area contributed by atoms with Gasteiger partial charge in [-0.1, -0.05) is 0 Å². The number of hydrogen-bond donors (Lipinski definition) is 1. The maximum Gasteiger partial charge on any atom is 0.347 e. The third-order valence-corrected chi connectivity index (χ3v) is 3.22. The minimum Gasteiger partial charge on any atom is -0.497 e. The van der Waals surface area contributed by atoms with Gasteiger partial charge < -0.3 is 24.3 Å². The number of benzene rings is 1. The molecule has 0 aromatic heterocycles. The Morgan fingerprint density at radius 2 is 2.24 bits per heavy atom. The van der Waals surface area contributed by atoms with Gasteiger partial charge in [-0.2, -0.15) is 0 Å². The van der Waals surface area contributed by atoms with Crippen LogP contribution in [-0.4, -0.2) is 46.1 Å². The Bertz CT molecular complexity index is 477. The molecule has 1 aromatic carbocycles. The summed E-state index contributed by atoms with van der Waals surface area (Å²) in [5, 5.41) is 3.25. The molecule has 116 valence electrons. The fourth-order valence-corrected chi connectivity index (χ4v) is 2.07. The van der Waals surface area contributed by atoms with Crippen molar-refractivity contribution >= 4 is 5.97 Å². The Morgan fingerprint density at radius 3 is 2.90 bits per heavy atom. The number of cyclic esters (lactones) is 1. The number of nitrogens with one attached hydrogen (secondary N) is 1. The van der Waals surface area contributed by atoms with Crippen LogP contribution in [0, 0.1) is 0 Å². The Balaban J connectivity index is 2.05. The molecule has 0 radical (unpaired) electrons. The number of esters is 1. The fraction of sp³-hybridized carbons (Fsp3) is 0.533. The largest absolute Gasteiger partial charge is 0.497 e. The van der Waals surface area contributed by atoms with Crippen molar-refractivity contribution in [1.82, 2.24) is 5.32 Å². The molecule has 0 spiro atoms. The van der Waals surface area contributed by atoms with Gasteiger partial charge in [0.05, 0.1) is 20.3 Å². The maximum atomic E-state index is 11.5. The molecule has 6 nitrogen and oxygen atoms in total.